The van der Waals surface area contributed by atoms with Gasteiger partial charge in [0, 0.05) is 24.8 Å². The number of rotatable bonds is 7. The predicted molar refractivity (Wildman–Crippen MR) is 125 cm³/mol. The number of nitrogens with zero attached hydrogens (tertiary/aromatic N) is 1. The summed E-state index contributed by atoms with van der Waals surface area (Å²) in [7, 11) is 0. The van der Waals surface area contributed by atoms with Crippen molar-refractivity contribution in [3.8, 4) is 11.5 Å². The van der Waals surface area contributed by atoms with Crippen molar-refractivity contribution in [2.75, 3.05) is 18.0 Å². The fourth-order valence-corrected chi connectivity index (χ4v) is 3.88. The Morgan fingerprint density at radius 1 is 1.03 bits per heavy atom. The zero-order valence-electron chi connectivity index (χ0n) is 18.5. The van der Waals surface area contributed by atoms with Gasteiger partial charge < -0.3 is 14.4 Å². The largest absolute Gasteiger partial charge is 0.489 e. The van der Waals surface area contributed by atoms with Crippen LogP contribution in [0.2, 0.25) is 0 Å². The Morgan fingerprint density at radius 3 is 2.47 bits per heavy atom. The molecule has 4 rings (SSSR count). The molecule has 4 nitrogen and oxygen atoms in total. The summed E-state index contributed by atoms with van der Waals surface area (Å²) in [6.07, 6.45) is 1.76. The average molecular weight is 432 g/mol. The maximum atomic E-state index is 13.4. The fraction of sp³-hybridized carbons (Fsp3) is 0.222. The van der Waals surface area contributed by atoms with Crippen LogP contribution in [0.5, 0.6) is 11.5 Å². The minimum absolute atomic E-state index is 0.137. The first kappa shape index (κ1) is 21.6. The van der Waals surface area contributed by atoms with Gasteiger partial charge in [0.15, 0.2) is 5.76 Å². The minimum atomic E-state index is -0.301. The van der Waals surface area contributed by atoms with Gasteiger partial charge in [-0.3, -0.25) is 4.79 Å². The van der Waals surface area contributed by atoms with Crippen molar-refractivity contribution in [1.82, 2.24) is 0 Å². The number of carbonyl (C=O) groups is 1. The first-order valence-corrected chi connectivity index (χ1v) is 10.8. The SMILES string of the molecule is CCN(CC)c1ccc(/C=C2\Oc3cc(OCc4cccc(F)c4)cc(C)c3C2=O)cc1. The Kier molecular flexibility index (Phi) is 6.26. The van der Waals surface area contributed by atoms with Crippen molar-refractivity contribution < 1.29 is 18.7 Å². The highest BCUT2D eigenvalue weighted by atomic mass is 19.1. The smallest absolute Gasteiger partial charge is 0.232 e. The van der Waals surface area contributed by atoms with Gasteiger partial charge in [-0.05, 0) is 73.9 Å². The number of Topliss-reactive ketones (excluding diaryl/α,β-unsaturated/α-hetero) is 1. The van der Waals surface area contributed by atoms with E-state index in [1.54, 1.807) is 30.3 Å². The van der Waals surface area contributed by atoms with E-state index in [1.165, 1.54) is 12.1 Å². The molecule has 1 aliphatic heterocycles. The Hall–Kier alpha value is -3.60. The van der Waals surface area contributed by atoms with E-state index in [2.05, 4.69) is 30.9 Å². The van der Waals surface area contributed by atoms with Gasteiger partial charge in [0.25, 0.3) is 0 Å². The zero-order valence-corrected chi connectivity index (χ0v) is 18.5. The summed E-state index contributed by atoms with van der Waals surface area (Å²) < 4.78 is 25.1. The van der Waals surface area contributed by atoms with Gasteiger partial charge in [0.2, 0.25) is 5.78 Å². The number of allylic oxidation sites excluding steroid dienone is 1. The number of fused-ring (bicyclic) bond motifs is 1. The van der Waals surface area contributed by atoms with Crippen molar-refractivity contribution in [2.45, 2.75) is 27.4 Å². The number of hydrogen-bond donors (Lipinski definition) is 0. The molecule has 0 bridgehead atoms. The average Bonchev–Trinajstić information content (AvgIpc) is 3.10. The van der Waals surface area contributed by atoms with Gasteiger partial charge in [0.1, 0.15) is 23.9 Å². The molecule has 1 aliphatic rings. The van der Waals surface area contributed by atoms with Crippen LogP contribution in [0.3, 0.4) is 0 Å². The second-order valence-corrected chi connectivity index (χ2v) is 7.74. The second kappa shape index (κ2) is 9.27. The van der Waals surface area contributed by atoms with E-state index in [1.807, 2.05) is 19.1 Å². The van der Waals surface area contributed by atoms with Crippen LogP contribution in [-0.4, -0.2) is 18.9 Å². The monoisotopic (exact) mass is 431 g/mol. The molecule has 0 aliphatic carbocycles. The molecule has 3 aromatic carbocycles. The molecule has 164 valence electrons. The van der Waals surface area contributed by atoms with Crippen LogP contribution in [-0.2, 0) is 6.61 Å². The van der Waals surface area contributed by atoms with Crippen LogP contribution in [0.15, 0.2) is 66.4 Å². The maximum Gasteiger partial charge on any atom is 0.232 e. The van der Waals surface area contributed by atoms with Crippen LogP contribution in [0.1, 0.15) is 40.9 Å². The normalized spacial score (nSPS) is 13.8. The summed E-state index contributed by atoms with van der Waals surface area (Å²) in [6, 6.07) is 17.9. The molecule has 0 radical (unpaired) electrons. The topological polar surface area (TPSA) is 38.8 Å². The van der Waals surface area contributed by atoms with E-state index < -0.39 is 0 Å². The number of halogens is 1. The van der Waals surface area contributed by atoms with E-state index in [0.717, 1.165) is 35.5 Å². The Bertz CT molecular complexity index is 1160. The predicted octanol–water partition coefficient (Wildman–Crippen LogP) is 6.18. The quantitative estimate of drug-likeness (QED) is 0.419. The van der Waals surface area contributed by atoms with Crippen LogP contribution in [0, 0.1) is 12.7 Å². The van der Waals surface area contributed by atoms with Crippen LogP contribution >= 0.6 is 0 Å². The summed E-state index contributed by atoms with van der Waals surface area (Å²) in [6.45, 7) is 8.22. The molecule has 32 heavy (non-hydrogen) atoms. The van der Waals surface area contributed by atoms with Crippen LogP contribution < -0.4 is 14.4 Å². The minimum Gasteiger partial charge on any atom is -0.489 e. The van der Waals surface area contributed by atoms with Gasteiger partial charge >= 0.3 is 0 Å². The Morgan fingerprint density at radius 2 is 1.78 bits per heavy atom. The molecule has 0 N–H and O–H groups in total. The van der Waals surface area contributed by atoms with Crippen molar-refractivity contribution in [3.05, 3.63) is 94.5 Å². The summed E-state index contributed by atoms with van der Waals surface area (Å²) in [5.41, 5.74) is 4.11. The third kappa shape index (κ3) is 4.52. The lowest BCUT2D eigenvalue weighted by atomic mass is 10.0. The molecule has 5 heteroatoms. The van der Waals surface area contributed by atoms with Crippen molar-refractivity contribution in [2.24, 2.45) is 0 Å². The fourth-order valence-electron chi connectivity index (χ4n) is 3.88. The van der Waals surface area contributed by atoms with E-state index in [4.69, 9.17) is 9.47 Å². The zero-order chi connectivity index (χ0) is 22.7. The molecule has 0 saturated heterocycles. The van der Waals surface area contributed by atoms with Crippen LogP contribution in [0.25, 0.3) is 6.08 Å². The summed E-state index contributed by atoms with van der Waals surface area (Å²) in [5.74, 6) is 0.909. The molecule has 0 aromatic heterocycles. The van der Waals surface area contributed by atoms with Crippen molar-refractivity contribution in [1.29, 1.82) is 0 Å². The summed E-state index contributed by atoms with van der Waals surface area (Å²) in [5, 5.41) is 0. The molecule has 0 atom stereocenters. The molecular formula is C27H26FNO3. The van der Waals surface area contributed by atoms with E-state index in [0.29, 0.717) is 22.8 Å². The van der Waals surface area contributed by atoms with Gasteiger partial charge in [-0.1, -0.05) is 24.3 Å². The highest BCUT2D eigenvalue weighted by Crippen LogP contribution is 2.37. The van der Waals surface area contributed by atoms with Gasteiger partial charge in [-0.2, -0.15) is 0 Å². The lowest BCUT2D eigenvalue weighted by Gasteiger charge is -2.20. The standard InChI is InChI=1S/C27H26FNO3/c1-4-29(5-2)22-11-9-19(10-12-22)15-25-27(30)26-18(3)13-23(16-24(26)32-25)31-17-20-7-6-8-21(28)14-20/h6-16H,4-5,17H2,1-3H3/b25-15-. The Balaban J connectivity index is 1.52. The van der Waals surface area contributed by atoms with E-state index in [-0.39, 0.29) is 18.2 Å². The van der Waals surface area contributed by atoms with Crippen LogP contribution in [0.4, 0.5) is 10.1 Å². The molecule has 0 unspecified atom stereocenters. The van der Waals surface area contributed by atoms with E-state index in [9.17, 15) is 9.18 Å². The van der Waals surface area contributed by atoms with E-state index >= 15 is 0 Å². The van der Waals surface area contributed by atoms with Crippen molar-refractivity contribution in [3.63, 3.8) is 0 Å². The lowest BCUT2D eigenvalue weighted by molar-refractivity contribution is 0.101. The Labute approximate surface area is 187 Å². The molecule has 1 heterocycles. The number of ketones is 1. The van der Waals surface area contributed by atoms with Gasteiger partial charge in [0.05, 0.1) is 5.56 Å². The molecule has 0 fully saturated rings. The first-order valence-electron chi connectivity index (χ1n) is 10.8. The number of aryl methyl sites for hydroxylation is 1. The number of anilines is 1. The molecule has 0 spiro atoms. The molecule has 0 saturated carbocycles. The van der Waals surface area contributed by atoms with Gasteiger partial charge in [-0.25, -0.2) is 4.39 Å². The number of hydrogen-bond acceptors (Lipinski definition) is 4. The van der Waals surface area contributed by atoms with Gasteiger partial charge in [-0.15, -0.1) is 0 Å². The number of ether oxygens (including phenoxy) is 2. The second-order valence-electron chi connectivity index (χ2n) is 7.74. The third-order valence-electron chi connectivity index (χ3n) is 5.56. The highest BCUT2D eigenvalue weighted by Gasteiger charge is 2.30. The molecule has 3 aromatic rings. The number of carbonyl (C=O) groups excluding carboxylic acids is 1. The summed E-state index contributed by atoms with van der Waals surface area (Å²) >= 11 is 0. The summed E-state index contributed by atoms with van der Waals surface area (Å²) in [4.78, 5) is 15.2. The highest BCUT2D eigenvalue weighted by molar-refractivity contribution is 6.15. The maximum absolute atomic E-state index is 13.4. The van der Waals surface area contributed by atoms with Crippen molar-refractivity contribution >= 4 is 17.5 Å². The lowest BCUT2D eigenvalue weighted by Crippen LogP contribution is -2.21. The molecule has 0 amide bonds. The third-order valence-corrected chi connectivity index (χ3v) is 5.56. The number of benzene rings is 3. The molecular weight excluding hydrogens is 405 g/mol. The first-order chi connectivity index (χ1) is 15.5.